The molecule has 0 heterocycles. The van der Waals surface area contributed by atoms with Crippen LogP contribution >= 0.6 is 0 Å². The van der Waals surface area contributed by atoms with Gasteiger partial charge in [-0.3, -0.25) is 0 Å². The molecule has 2 amide bonds. The molecule has 5 heteroatoms. The van der Waals surface area contributed by atoms with Crippen molar-refractivity contribution in [2.75, 3.05) is 24.9 Å². The van der Waals surface area contributed by atoms with Gasteiger partial charge in [-0.05, 0) is 35.1 Å². The highest BCUT2D eigenvalue weighted by atomic mass is 16.5. The minimum absolute atomic E-state index is 0.296. The molecule has 0 aliphatic rings. The fourth-order valence-electron chi connectivity index (χ4n) is 2.93. The van der Waals surface area contributed by atoms with E-state index in [0.717, 1.165) is 16.8 Å². The maximum Gasteiger partial charge on any atom is 0.323 e. The highest BCUT2D eigenvalue weighted by molar-refractivity contribution is 6.02. The molecule has 0 saturated heterocycles. The number of anilines is 2. The third kappa shape index (κ3) is 4.28. The second-order valence-electron chi connectivity index (χ2n) is 6.74. The lowest BCUT2D eigenvalue weighted by Gasteiger charge is -2.21. The number of nitrogens with one attached hydrogen (secondary N) is 2. The van der Waals surface area contributed by atoms with E-state index in [4.69, 9.17) is 9.47 Å². The highest BCUT2D eigenvalue weighted by Gasteiger charge is 2.18. The summed E-state index contributed by atoms with van der Waals surface area (Å²) in [6.07, 6.45) is 0. The Labute approximate surface area is 155 Å². The molecule has 0 atom stereocenters. The topological polar surface area (TPSA) is 59.6 Å². The fourth-order valence-corrected chi connectivity index (χ4v) is 2.93. The maximum atomic E-state index is 12.7. The largest absolute Gasteiger partial charge is 0.494 e. The van der Waals surface area contributed by atoms with Gasteiger partial charge in [0.05, 0.1) is 14.2 Å². The number of methoxy groups -OCH3 is 2. The van der Waals surface area contributed by atoms with Crippen LogP contribution in [0, 0.1) is 0 Å². The van der Waals surface area contributed by atoms with E-state index in [1.54, 1.807) is 26.4 Å². The first-order chi connectivity index (χ1) is 12.4. The number of amides is 2. The van der Waals surface area contributed by atoms with Gasteiger partial charge in [-0.15, -0.1) is 0 Å². The summed E-state index contributed by atoms with van der Waals surface area (Å²) < 4.78 is 10.7. The molecule has 2 aromatic carbocycles. The average molecular weight is 356 g/mol. The molecule has 0 fully saturated rings. The van der Waals surface area contributed by atoms with Crippen molar-refractivity contribution in [1.29, 1.82) is 0 Å². The van der Waals surface area contributed by atoms with E-state index in [1.807, 2.05) is 12.1 Å². The van der Waals surface area contributed by atoms with Gasteiger partial charge in [0, 0.05) is 5.69 Å². The van der Waals surface area contributed by atoms with Gasteiger partial charge in [0.1, 0.15) is 17.2 Å². The molecule has 26 heavy (non-hydrogen) atoms. The van der Waals surface area contributed by atoms with Crippen molar-refractivity contribution in [2.24, 2.45) is 0 Å². The summed E-state index contributed by atoms with van der Waals surface area (Å²) in [5.74, 6) is 1.68. The van der Waals surface area contributed by atoms with Crippen molar-refractivity contribution in [2.45, 2.75) is 39.5 Å². The third-order valence-corrected chi connectivity index (χ3v) is 4.28. The lowest BCUT2D eigenvalue weighted by atomic mass is 9.93. The molecule has 2 rings (SSSR count). The third-order valence-electron chi connectivity index (χ3n) is 4.28. The predicted molar refractivity (Wildman–Crippen MR) is 107 cm³/mol. The van der Waals surface area contributed by atoms with Crippen LogP contribution in [0.25, 0.3) is 0 Å². The van der Waals surface area contributed by atoms with Crippen LogP contribution in [0.2, 0.25) is 0 Å². The summed E-state index contributed by atoms with van der Waals surface area (Å²) in [6, 6.07) is 11.2. The Balaban J connectivity index is 2.35. The number of urea groups is 1. The maximum absolute atomic E-state index is 12.7. The van der Waals surface area contributed by atoms with Gasteiger partial charge in [-0.1, -0.05) is 52.0 Å². The molecule has 5 nitrogen and oxygen atoms in total. The van der Waals surface area contributed by atoms with E-state index in [9.17, 15) is 4.79 Å². The molecule has 0 spiro atoms. The summed E-state index contributed by atoms with van der Waals surface area (Å²) >= 11 is 0. The van der Waals surface area contributed by atoms with Gasteiger partial charge in [-0.25, -0.2) is 4.79 Å². The number of rotatable bonds is 6. The molecule has 0 radical (unpaired) electrons. The zero-order valence-corrected chi connectivity index (χ0v) is 16.3. The summed E-state index contributed by atoms with van der Waals surface area (Å²) in [4.78, 5) is 12.7. The van der Waals surface area contributed by atoms with Crippen LogP contribution in [0.3, 0.4) is 0 Å². The van der Waals surface area contributed by atoms with Crippen LogP contribution in [0.15, 0.2) is 36.4 Å². The molecule has 0 aliphatic heterocycles. The number of carbonyl (C=O) groups excluding carboxylic acids is 1. The average Bonchev–Trinajstić information content (AvgIpc) is 2.61. The molecule has 0 aliphatic carbocycles. The van der Waals surface area contributed by atoms with Crippen LogP contribution < -0.4 is 20.1 Å². The van der Waals surface area contributed by atoms with E-state index in [2.05, 4.69) is 50.5 Å². The normalized spacial score (nSPS) is 10.8. The van der Waals surface area contributed by atoms with Crippen LogP contribution in [-0.4, -0.2) is 20.3 Å². The van der Waals surface area contributed by atoms with E-state index in [1.165, 1.54) is 0 Å². The molecular weight excluding hydrogens is 328 g/mol. The Morgan fingerprint density at radius 2 is 1.19 bits per heavy atom. The van der Waals surface area contributed by atoms with Crippen LogP contribution in [-0.2, 0) is 0 Å². The van der Waals surface area contributed by atoms with Crippen LogP contribution in [0.5, 0.6) is 11.5 Å². The Morgan fingerprint density at radius 1 is 0.769 bits per heavy atom. The van der Waals surface area contributed by atoms with E-state index in [0.29, 0.717) is 29.0 Å². The highest BCUT2D eigenvalue weighted by Crippen LogP contribution is 2.35. The fraction of sp³-hybridized carbons (Fsp3) is 0.381. The van der Waals surface area contributed by atoms with Gasteiger partial charge >= 0.3 is 6.03 Å². The molecule has 0 bridgehead atoms. The quantitative estimate of drug-likeness (QED) is 0.709. The van der Waals surface area contributed by atoms with Crippen molar-refractivity contribution in [3.8, 4) is 11.5 Å². The van der Waals surface area contributed by atoms with Gasteiger partial charge < -0.3 is 20.1 Å². The van der Waals surface area contributed by atoms with Crippen molar-refractivity contribution < 1.29 is 14.3 Å². The monoisotopic (exact) mass is 356 g/mol. The Kier molecular flexibility index (Phi) is 6.50. The van der Waals surface area contributed by atoms with Crippen LogP contribution in [0.4, 0.5) is 16.2 Å². The Bertz CT molecular complexity index is 721. The number of carbonyl (C=O) groups is 1. The lowest BCUT2D eigenvalue weighted by Crippen LogP contribution is -2.22. The van der Waals surface area contributed by atoms with E-state index < -0.39 is 0 Å². The van der Waals surface area contributed by atoms with Crippen molar-refractivity contribution in [1.82, 2.24) is 0 Å². The molecule has 0 unspecified atom stereocenters. The van der Waals surface area contributed by atoms with Crippen LogP contribution in [0.1, 0.15) is 50.7 Å². The molecule has 2 N–H and O–H groups in total. The lowest BCUT2D eigenvalue weighted by molar-refractivity contribution is 0.262. The minimum atomic E-state index is -0.331. The molecule has 0 aromatic heterocycles. The molecule has 0 saturated carbocycles. The molecule has 140 valence electrons. The summed E-state index contributed by atoms with van der Waals surface area (Å²) in [5.41, 5.74) is 3.59. The summed E-state index contributed by atoms with van der Waals surface area (Å²) in [5, 5.41) is 5.89. The first-order valence-corrected chi connectivity index (χ1v) is 8.80. The zero-order chi connectivity index (χ0) is 19.3. The first kappa shape index (κ1) is 19.6. The smallest absolute Gasteiger partial charge is 0.323 e. The van der Waals surface area contributed by atoms with E-state index in [-0.39, 0.29) is 6.03 Å². The SMILES string of the molecule is COc1cccc(OC)c1NC(=O)Nc1c(C(C)C)cccc1C(C)C. The van der Waals surface area contributed by atoms with Crippen molar-refractivity contribution >= 4 is 17.4 Å². The molecule has 2 aromatic rings. The zero-order valence-electron chi connectivity index (χ0n) is 16.3. The van der Waals surface area contributed by atoms with Gasteiger partial charge in [0.15, 0.2) is 0 Å². The molecular formula is C21H28N2O3. The number of hydrogen-bond acceptors (Lipinski definition) is 3. The van der Waals surface area contributed by atoms with Gasteiger partial charge in [0.2, 0.25) is 0 Å². The number of ether oxygens (including phenoxy) is 2. The minimum Gasteiger partial charge on any atom is -0.494 e. The first-order valence-electron chi connectivity index (χ1n) is 8.80. The number of benzene rings is 2. The predicted octanol–water partition coefficient (Wildman–Crippen LogP) is 5.59. The van der Waals surface area contributed by atoms with Gasteiger partial charge in [0.25, 0.3) is 0 Å². The van der Waals surface area contributed by atoms with Crippen molar-refractivity contribution in [3.63, 3.8) is 0 Å². The summed E-state index contributed by atoms with van der Waals surface area (Å²) in [7, 11) is 3.12. The van der Waals surface area contributed by atoms with E-state index >= 15 is 0 Å². The second-order valence-corrected chi connectivity index (χ2v) is 6.74. The second kappa shape index (κ2) is 8.61. The Morgan fingerprint density at radius 3 is 1.62 bits per heavy atom. The number of hydrogen-bond donors (Lipinski definition) is 2. The van der Waals surface area contributed by atoms with Crippen molar-refractivity contribution in [3.05, 3.63) is 47.5 Å². The Hall–Kier alpha value is -2.69. The summed E-state index contributed by atoms with van der Waals surface area (Å²) in [6.45, 7) is 8.47. The number of para-hydroxylation sites is 2. The van der Waals surface area contributed by atoms with Gasteiger partial charge in [-0.2, -0.15) is 0 Å². The standard InChI is InChI=1S/C21H28N2O3/c1-13(2)15-9-7-10-16(14(3)4)19(15)22-21(24)23-20-17(25-5)11-8-12-18(20)26-6/h7-14H,1-6H3,(H2,22,23,24).